The van der Waals surface area contributed by atoms with Crippen molar-refractivity contribution in [1.29, 1.82) is 0 Å². The topological polar surface area (TPSA) is 64.9 Å². The van der Waals surface area contributed by atoms with Crippen LogP contribution >= 0.6 is 12.4 Å². The van der Waals surface area contributed by atoms with Crippen LogP contribution in [-0.4, -0.2) is 10.1 Å². The molecule has 0 unspecified atom stereocenters. The van der Waals surface area contributed by atoms with Gasteiger partial charge in [-0.15, -0.1) is 12.4 Å². The molecule has 1 aromatic carbocycles. The number of nitrogens with zero attached hydrogens (tertiary/aromatic N) is 2. The minimum absolute atomic E-state index is 0. The van der Waals surface area contributed by atoms with E-state index in [0.29, 0.717) is 11.7 Å². The maximum Gasteiger partial charge on any atom is 0.243 e. The predicted molar refractivity (Wildman–Crippen MR) is 64.3 cm³/mol. The molecule has 0 amide bonds. The molecule has 2 rings (SSSR count). The van der Waals surface area contributed by atoms with Gasteiger partial charge in [-0.05, 0) is 13.8 Å². The van der Waals surface area contributed by atoms with Gasteiger partial charge in [0.1, 0.15) is 0 Å². The second-order valence-electron chi connectivity index (χ2n) is 3.61. The molecule has 4 nitrogen and oxygen atoms in total. The van der Waals surface area contributed by atoms with Crippen molar-refractivity contribution < 1.29 is 4.52 Å². The molecule has 0 aliphatic carbocycles. The zero-order chi connectivity index (χ0) is 10.8. The standard InChI is InChI=1S/C11H13N3O.ClH/c1-7-3-5-9(6-4-7)10-13-11(8(2)12)15-14-10;/h3-6,8H,12H2,1-2H3;1H/t8-;/m0./s1. The van der Waals surface area contributed by atoms with E-state index in [0.717, 1.165) is 5.56 Å². The lowest BCUT2D eigenvalue weighted by molar-refractivity contribution is 0.362. The number of benzene rings is 1. The molecule has 1 atom stereocenters. The van der Waals surface area contributed by atoms with Crippen molar-refractivity contribution in [3.8, 4) is 11.4 Å². The molecule has 1 aromatic heterocycles. The quantitative estimate of drug-likeness (QED) is 0.875. The molecule has 1 heterocycles. The van der Waals surface area contributed by atoms with Crippen LogP contribution in [0.4, 0.5) is 0 Å². The van der Waals surface area contributed by atoms with Gasteiger partial charge >= 0.3 is 0 Å². The molecule has 0 spiro atoms. The third-order valence-electron chi connectivity index (χ3n) is 2.14. The first kappa shape index (κ1) is 12.7. The van der Waals surface area contributed by atoms with Crippen molar-refractivity contribution in [3.63, 3.8) is 0 Å². The Morgan fingerprint density at radius 2 is 1.88 bits per heavy atom. The van der Waals surface area contributed by atoms with E-state index in [1.165, 1.54) is 5.56 Å². The summed E-state index contributed by atoms with van der Waals surface area (Å²) in [6, 6.07) is 7.72. The van der Waals surface area contributed by atoms with Gasteiger partial charge in [0.2, 0.25) is 11.7 Å². The van der Waals surface area contributed by atoms with Crippen molar-refractivity contribution in [3.05, 3.63) is 35.7 Å². The molecule has 0 radical (unpaired) electrons. The molecular formula is C11H14ClN3O. The lowest BCUT2D eigenvalue weighted by Crippen LogP contribution is -2.04. The first-order chi connectivity index (χ1) is 7.16. The van der Waals surface area contributed by atoms with Crippen molar-refractivity contribution in [2.45, 2.75) is 19.9 Å². The molecule has 5 heteroatoms. The second-order valence-corrected chi connectivity index (χ2v) is 3.61. The maximum atomic E-state index is 5.63. The van der Waals surface area contributed by atoms with Crippen molar-refractivity contribution in [2.75, 3.05) is 0 Å². The number of aryl methyl sites for hydroxylation is 1. The van der Waals surface area contributed by atoms with Crippen LogP contribution in [0.25, 0.3) is 11.4 Å². The maximum absolute atomic E-state index is 5.63. The summed E-state index contributed by atoms with van der Waals surface area (Å²) < 4.78 is 5.02. The summed E-state index contributed by atoms with van der Waals surface area (Å²) in [5.74, 6) is 1.05. The zero-order valence-corrected chi connectivity index (χ0v) is 9.99. The average molecular weight is 240 g/mol. The Morgan fingerprint density at radius 3 is 2.38 bits per heavy atom. The second kappa shape index (κ2) is 5.09. The number of aromatic nitrogens is 2. The van der Waals surface area contributed by atoms with E-state index in [1.807, 2.05) is 38.1 Å². The fourth-order valence-corrected chi connectivity index (χ4v) is 1.24. The molecule has 0 aliphatic heterocycles. The fraction of sp³-hybridized carbons (Fsp3) is 0.273. The van der Waals surface area contributed by atoms with Gasteiger partial charge in [0.05, 0.1) is 6.04 Å². The third-order valence-corrected chi connectivity index (χ3v) is 2.14. The SMILES string of the molecule is Cc1ccc(-c2noc([C@H](C)N)n2)cc1.Cl. The molecular weight excluding hydrogens is 226 g/mol. The first-order valence-corrected chi connectivity index (χ1v) is 4.83. The van der Waals surface area contributed by atoms with Gasteiger partial charge in [0, 0.05) is 5.56 Å². The Balaban J connectivity index is 0.00000128. The van der Waals surface area contributed by atoms with Gasteiger partial charge in [-0.3, -0.25) is 0 Å². The van der Waals surface area contributed by atoms with Crippen molar-refractivity contribution in [1.82, 2.24) is 10.1 Å². The summed E-state index contributed by atoms with van der Waals surface area (Å²) in [6.07, 6.45) is 0. The fourth-order valence-electron chi connectivity index (χ4n) is 1.24. The molecule has 0 fully saturated rings. The minimum Gasteiger partial charge on any atom is -0.337 e. The third kappa shape index (κ3) is 2.59. The van der Waals surface area contributed by atoms with Crippen LogP contribution < -0.4 is 5.73 Å². The van der Waals surface area contributed by atoms with E-state index in [9.17, 15) is 0 Å². The van der Waals surface area contributed by atoms with Crippen LogP contribution in [0.1, 0.15) is 24.4 Å². The molecule has 2 aromatic rings. The normalized spacial score (nSPS) is 11.9. The summed E-state index contributed by atoms with van der Waals surface area (Å²) in [5.41, 5.74) is 7.78. The number of hydrogen-bond acceptors (Lipinski definition) is 4. The largest absolute Gasteiger partial charge is 0.337 e. The zero-order valence-electron chi connectivity index (χ0n) is 9.18. The van der Waals surface area contributed by atoms with Gasteiger partial charge in [-0.2, -0.15) is 4.98 Å². The van der Waals surface area contributed by atoms with Crippen molar-refractivity contribution in [2.24, 2.45) is 5.73 Å². The molecule has 0 saturated carbocycles. The van der Waals surface area contributed by atoms with Gasteiger partial charge < -0.3 is 10.3 Å². The highest BCUT2D eigenvalue weighted by Crippen LogP contribution is 2.17. The van der Waals surface area contributed by atoms with E-state index >= 15 is 0 Å². The Kier molecular flexibility index (Phi) is 4.04. The highest BCUT2D eigenvalue weighted by Gasteiger charge is 2.10. The number of rotatable bonds is 2. The van der Waals surface area contributed by atoms with Crippen LogP contribution in [0.15, 0.2) is 28.8 Å². The van der Waals surface area contributed by atoms with Gasteiger partial charge in [0.25, 0.3) is 0 Å². The highest BCUT2D eigenvalue weighted by molar-refractivity contribution is 5.85. The molecule has 0 saturated heterocycles. The predicted octanol–water partition coefficient (Wildman–Crippen LogP) is 2.49. The van der Waals surface area contributed by atoms with Crippen LogP contribution in [-0.2, 0) is 0 Å². The molecule has 86 valence electrons. The van der Waals surface area contributed by atoms with Crippen LogP contribution in [0.5, 0.6) is 0 Å². The van der Waals surface area contributed by atoms with Gasteiger partial charge in [-0.1, -0.05) is 35.0 Å². The Hall–Kier alpha value is -1.39. The van der Waals surface area contributed by atoms with Crippen LogP contribution in [0.2, 0.25) is 0 Å². The number of hydrogen-bond donors (Lipinski definition) is 1. The van der Waals surface area contributed by atoms with Gasteiger partial charge in [0.15, 0.2) is 0 Å². The highest BCUT2D eigenvalue weighted by atomic mass is 35.5. The monoisotopic (exact) mass is 239 g/mol. The van der Waals surface area contributed by atoms with E-state index in [1.54, 1.807) is 0 Å². The van der Waals surface area contributed by atoms with E-state index < -0.39 is 0 Å². The smallest absolute Gasteiger partial charge is 0.243 e. The van der Waals surface area contributed by atoms with Crippen molar-refractivity contribution >= 4 is 12.4 Å². The first-order valence-electron chi connectivity index (χ1n) is 4.83. The Labute approximate surface area is 100 Å². The lowest BCUT2D eigenvalue weighted by atomic mass is 10.1. The average Bonchev–Trinajstić information content (AvgIpc) is 2.68. The summed E-state index contributed by atoms with van der Waals surface area (Å²) >= 11 is 0. The summed E-state index contributed by atoms with van der Waals surface area (Å²) in [6.45, 7) is 3.85. The Bertz CT molecular complexity index is 451. The molecule has 0 bridgehead atoms. The molecule has 2 N–H and O–H groups in total. The van der Waals surface area contributed by atoms with E-state index in [2.05, 4.69) is 10.1 Å². The van der Waals surface area contributed by atoms with Crippen LogP contribution in [0.3, 0.4) is 0 Å². The summed E-state index contributed by atoms with van der Waals surface area (Å²) in [4.78, 5) is 4.21. The van der Waals surface area contributed by atoms with Crippen LogP contribution in [0, 0.1) is 6.92 Å². The lowest BCUT2D eigenvalue weighted by Gasteiger charge is -1.95. The minimum atomic E-state index is -0.225. The number of nitrogens with two attached hydrogens (primary N) is 1. The number of halogens is 1. The molecule has 16 heavy (non-hydrogen) atoms. The molecule has 0 aliphatic rings. The van der Waals surface area contributed by atoms with Gasteiger partial charge in [-0.25, -0.2) is 0 Å². The van der Waals surface area contributed by atoms with E-state index in [-0.39, 0.29) is 18.4 Å². The Morgan fingerprint density at radius 1 is 1.25 bits per heavy atom. The summed E-state index contributed by atoms with van der Waals surface area (Å²) in [5, 5.41) is 3.87. The summed E-state index contributed by atoms with van der Waals surface area (Å²) in [7, 11) is 0. The van der Waals surface area contributed by atoms with E-state index in [4.69, 9.17) is 10.3 Å².